The minimum Gasteiger partial charge on any atom is -0.458 e. The Morgan fingerprint density at radius 3 is 2.37 bits per heavy atom. The van der Waals surface area contributed by atoms with Crippen molar-refractivity contribution in [2.24, 2.45) is 11.1 Å². The first-order chi connectivity index (χ1) is 12.7. The van der Waals surface area contributed by atoms with Gasteiger partial charge in [-0.2, -0.15) is 4.31 Å². The van der Waals surface area contributed by atoms with Gasteiger partial charge < -0.3 is 10.2 Å². The third-order valence-electron chi connectivity index (χ3n) is 4.86. The van der Waals surface area contributed by atoms with Gasteiger partial charge in [-0.1, -0.05) is 37.6 Å². The van der Waals surface area contributed by atoms with Gasteiger partial charge in [0.05, 0.1) is 16.5 Å². The normalized spacial score (nSPS) is 17.2. The molecule has 4 rings (SSSR count). The molecule has 0 unspecified atom stereocenters. The van der Waals surface area contributed by atoms with Crippen LogP contribution in [-0.2, 0) is 16.6 Å². The van der Waals surface area contributed by atoms with Gasteiger partial charge in [-0.25, -0.2) is 8.42 Å². The third-order valence-corrected chi connectivity index (χ3v) is 6.94. The van der Waals surface area contributed by atoms with Crippen LogP contribution in [0.1, 0.15) is 19.6 Å². The van der Waals surface area contributed by atoms with Crippen LogP contribution in [0.15, 0.2) is 51.8 Å². The lowest BCUT2D eigenvalue weighted by Gasteiger charge is -2.44. The number of fused-ring (bicyclic) bond motifs is 1. The summed E-state index contributed by atoms with van der Waals surface area (Å²) in [7, 11) is -3.44. The first-order valence-corrected chi connectivity index (χ1v) is 10.5. The third kappa shape index (κ3) is 3.27. The van der Waals surface area contributed by atoms with Crippen LogP contribution < -0.4 is 5.73 Å². The number of benzene rings is 2. The number of rotatable bonds is 4. The van der Waals surface area contributed by atoms with Crippen molar-refractivity contribution in [3.8, 4) is 11.1 Å². The molecule has 0 radical (unpaired) electrons. The van der Waals surface area contributed by atoms with Gasteiger partial charge in [0, 0.05) is 18.5 Å². The molecule has 0 atom stereocenters. The molecule has 5 nitrogen and oxygen atoms in total. The van der Waals surface area contributed by atoms with E-state index in [0.717, 1.165) is 16.5 Å². The van der Waals surface area contributed by atoms with Gasteiger partial charge in [-0.15, -0.1) is 0 Å². The van der Waals surface area contributed by atoms with Crippen LogP contribution in [0.2, 0.25) is 5.02 Å². The predicted molar refractivity (Wildman–Crippen MR) is 107 cm³/mol. The fourth-order valence-corrected chi connectivity index (χ4v) is 5.56. The van der Waals surface area contributed by atoms with E-state index in [9.17, 15) is 8.42 Å². The first kappa shape index (κ1) is 18.5. The van der Waals surface area contributed by atoms with Crippen LogP contribution in [-0.4, -0.2) is 25.8 Å². The average Bonchev–Trinajstić information content (AvgIpc) is 3.03. The summed E-state index contributed by atoms with van der Waals surface area (Å²) >= 11 is 6.34. The maximum Gasteiger partial charge on any atom is 0.243 e. The van der Waals surface area contributed by atoms with E-state index in [1.807, 2.05) is 18.2 Å². The number of halogens is 1. The molecule has 1 aliphatic heterocycles. The number of hydrogen-bond acceptors (Lipinski definition) is 4. The quantitative estimate of drug-likeness (QED) is 0.705. The Hall–Kier alpha value is -1.86. The largest absolute Gasteiger partial charge is 0.458 e. The highest BCUT2D eigenvalue weighted by molar-refractivity contribution is 7.89. The Balaban J connectivity index is 1.65. The van der Waals surface area contributed by atoms with E-state index in [-0.39, 0.29) is 5.41 Å². The van der Waals surface area contributed by atoms with E-state index in [0.29, 0.717) is 40.9 Å². The van der Waals surface area contributed by atoms with Gasteiger partial charge in [0.25, 0.3) is 0 Å². The number of hydrogen-bond donors (Lipinski definition) is 1. The zero-order valence-corrected chi connectivity index (χ0v) is 16.8. The Morgan fingerprint density at radius 2 is 1.78 bits per heavy atom. The number of furan rings is 1. The molecule has 0 bridgehead atoms. The molecule has 3 aromatic rings. The van der Waals surface area contributed by atoms with Gasteiger partial charge in [0.15, 0.2) is 5.58 Å². The van der Waals surface area contributed by atoms with E-state index < -0.39 is 10.0 Å². The van der Waals surface area contributed by atoms with Gasteiger partial charge in [-0.05, 0) is 46.9 Å². The fraction of sp³-hybridized carbons (Fsp3) is 0.300. The van der Waals surface area contributed by atoms with Crippen molar-refractivity contribution in [3.63, 3.8) is 0 Å². The lowest BCUT2D eigenvalue weighted by Crippen LogP contribution is -2.55. The molecule has 0 spiro atoms. The summed E-state index contributed by atoms with van der Waals surface area (Å²) in [6, 6.07) is 12.6. The van der Waals surface area contributed by atoms with Crippen LogP contribution >= 0.6 is 11.6 Å². The Labute approximate surface area is 163 Å². The highest BCUT2D eigenvalue weighted by Crippen LogP contribution is 2.35. The van der Waals surface area contributed by atoms with Crippen LogP contribution in [0, 0.1) is 5.41 Å². The molecule has 1 aliphatic rings. The lowest BCUT2D eigenvalue weighted by molar-refractivity contribution is 0.111. The molecule has 2 aromatic carbocycles. The molecule has 0 amide bonds. The summed E-state index contributed by atoms with van der Waals surface area (Å²) < 4.78 is 32.5. The molecule has 0 aliphatic carbocycles. The second kappa shape index (κ2) is 6.34. The van der Waals surface area contributed by atoms with Crippen molar-refractivity contribution in [2.45, 2.75) is 25.3 Å². The second-order valence-corrected chi connectivity index (χ2v) is 10.1. The topological polar surface area (TPSA) is 76.5 Å². The van der Waals surface area contributed by atoms with E-state index in [1.165, 1.54) is 4.31 Å². The summed E-state index contributed by atoms with van der Waals surface area (Å²) in [6.07, 6.45) is 0. The van der Waals surface area contributed by atoms with Gasteiger partial charge in [0.1, 0.15) is 5.76 Å². The Kier molecular flexibility index (Phi) is 4.35. The van der Waals surface area contributed by atoms with Crippen molar-refractivity contribution in [3.05, 3.63) is 53.2 Å². The SMILES string of the molecule is CC1(C)CN(S(=O)(=O)c2ccc(-c3cc(Cl)c4oc(CN)cc4c3)cc2)C1. The predicted octanol–water partition coefficient (Wildman–Crippen LogP) is 4.24. The standard InChI is InChI=1S/C20H21ClN2O3S/c1-20(2)11-23(12-20)27(24,25)17-5-3-13(4-6-17)14-7-15-8-16(10-22)26-19(15)18(21)9-14/h3-9H,10-12,22H2,1-2H3. The van der Waals surface area contributed by atoms with Crippen LogP contribution in [0.5, 0.6) is 0 Å². The van der Waals surface area contributed by atoms with Gasteiger partial charge >= 0.3 is 0 Å². The van der Waals surface area contributed by atoms with Crippen molar-refractivity contribution in [1.82, 2.24) is 4.31 Å². The molecule has 1 saturated heterocycles. The number of sulfonamides is 1. The van der Waals surface area contributed by atoms with Crippen LogP contribution in [0.4, 0.5) is 0 Å². The monoisotopic (exact) mass is 404 g/mol. The van der Waals surface area contributed by atoms with E-state index in [2.05, 4.69) is 13.8 Å². The summed E-state index contributed by atoms with van der Waals surface area (Å²) in [5.41, 5.74) is 8.07. The van der Waals surface area contributed by atoms with Gasteiger partial charge in [-0.3, -0.25) is 0 Å². The van der Waals surface area contributed by atoms with Crippen LogP contribution in [0.3, 0.4) is 0 Å². The molecule has 2 N–H and O–H groups in total. The molecule has 7 heteroatoms. The van der Waals surface area contributed by atoms with Crippen molar-refractivity contribution < 1.29 is 12.8 Å². The Bertz CT molecular complexity index is 1110. The fourth-order valence-electron chi connectivity index (χ4n) is 3.48. The molecular formula is C20H21ClN2O3S. The van der Waals surface area contributed by atoms with Gasteiger partial charge in [0.2, 0.25) is 10.0 Å². The minimum absolute atomic E-state index is 0.0478. The molecule has 0 saturated carbocycles. The van der Waals surface area contributed by atoms with E-state index in [4.69, 9.17) is 21.8 Å². The molecule has 1 fully saturated rings. The highest BCUT2D eigenvalue weighted by atomic mass is 35.5. The van der Waals surface area contributed by atoms with Crippen LogP contribution in [0.25, 0.3) is 22.1 Å². The molecule has 142 valence electrons. The number of nitrogens with zero attached hydrogens (tertiary/aromatic N) is 1. The zero-order valence-electron chi connectivity index (χ0n) is 15.2. The molecule has 2 heterocycles. The van der Waals surface area contributed by atoms with E-state index >= 15 is 0 Å². The summed E-state index contributed by atoms with van der Waals surface area (Å²) in [6.45, 7) is 5.53. The summed E-state index contributed by atoms with van der Waals surface area (Å²) in [4.78, 5) is 0.308. The van der Waals surface area contributed by atoms with Crippen molar-refractivity contribution in [2.75, 3.05) is 13.1 Å². The second-order valence-electron chi connectivity index (χ2n) is 7.75. The first-order valence-electron chi connectivity index (χ1n) is 8.72. The molecule has 1 aromatic heterocycles. The smallest absolute Gasteiger partial charge is 0.243 e. The minimum atomic E-state index is -3.44. The molecule has 27 heavy (non-hydrogen) atoms. The van der Waals surface area contributed by atoms with E-state index in [1.54, 1.807) is 24.3 Å². The summed E-state index contributed by atoms with van der Waals surface area (Å²) in [5.74, 6) is 0.669. The number of nitrogens with two attached hydrogens (primary N) is 1. The Morgan fingerprint density at radius 1 is 1.11 bits per heavy atom. The maximum atomic E-state index is 12.7. The highest BCUT2D eigenvalue weighted by Gasteiger charge is 2.41. The van der Waals surface area contributed by atoms with Crippen molar-refractivity contribution in [1.29, 1.82) is 0 Å². The average molecular weight is 405 g/mol. The zero-order chi connectivity index (χ0) is 19.4. The molecular weight excluding hydrogens is 384 g/mol. The summed E-state index contributed by atoms with van der Waals surface area (Å²) in [5, 5.41) is 1.37. The lowest BCUT2D eigenvalue weighted by atomic mass is 9.87. The van der Waals surface area contributed by atoms with Crippen molar-refractivity contribution >= 4 is 32.6 Å². The maximum absolute atomic E-state index is 12.7.